The highest BCUT2D eigenvalue weighted by Crippen LogP contribution is 2.32. The van der Waals surface area contributed by atoms with Gasteiger partial charge in [-0.25, -0.2) is 4.98 Å². The van der Waals surface area contributed by atoms with E-state index in [-0.39, 0.29) is 12.5 Å². The van der Waals surface area contributed by atoms with Crippen molar-refractivity contribution in [3.63, 3.8) is 0 Å². The molecule has 1 aliphatic carbocycles. The lowest BCUT2D eigenvalue weighted by Gasteiger charge is -2.35. The van der Waals surface area contributed by atoms with Crippen molar-refractivity contribution < 1.29 is 9.90 Å². The van der Waals surface area contributed by atoms with E-state index in [9.17, 15) is 9.90 Å². The molecular weight excluding hydrogens is 340 g/mol. The summed E-state index contributed by atoms with van der Waals surface area (Å²) in [5.41, 5.74) is 5.93. The van der Waals surface area contributed by atoms with Gasteiger partial charge >= 0.3 is 0 Å². The van der Waals surface area contributed by atoms with E-state index in [2.05, 4.69) is 17.2 Å². The van der Waals surface area contributed by atoms with E-state index in [0.717, 1.165) is 19.3 Å². The molecule has 1 amide bonds. The van der Waals surface area contributed by atoms with Gasteiger partial charge in [0.1, 0.15) is 5.65 Å². The second-order valence-electron chi connectivity index (χ2n) is 7.12. The average Bonchev–Trinajstić information content (AvgIpc) is 2.93. The normalized spacial score (nSPS) is 23.8. The number of amides is 1. The third-order valence-electron chi connectivity index (χ3n) is 4.97. The van der Waals surface area contributed by atoms with Crippen molar-refractivity contribution in [1.82, 2.24) is 14.9 Å². The number of nitrogens with one attached hydrogen (secondary N) is 1. The van der Waals surface area contributed by atoms with E-state index < -0.39 is 5.60 Å². The SMILES string of the molecule is C[C@@H]1CCC[C@](O)(CNC(=O)c2cn(CCN)c3nccc(Cl)c23)C1. The Bertz CT molecular complexity index is 776. The maximum atomic E-state index is 12.7. The van der Waals surface area contributed by atoms with Gasteiger partial charge in [-0.3, -0.25) is 4.79 Å². The number of fused-ring (bicyclic) bond motifs is 1. The quantitative estimate of drug-likeness (QED) is 0.759. The number of hydrogen-bond acceptors (Lipinski definition) is 4. The number of pyridine rings is 1. The standard InChI is InChI=1S/C18H25ClN4O2/c1-12-3-2-5-18(25,9-12)11-22-17(24)13-10-23(8-6-20)16-15(13)14(19)4-7-21-16/h4,7,10,12,25H,2-3,5-6,8-9,11,20H2,1H3,(H,22,24)/t12-,18-/m1/s1. The highest BCUT2D eigenvalue weighted by Gasteiger charge is 2.33. The van der Waals surface area contributed by atoms with Gasteiger partial charge in [0.2, 0.25) is 0 Å². The smallest absolute Gasteiger partial charge is 0.253 e. The Morgan fingerprint density at radius 2 is 2.40 bits per heavy atom. The third kappa shape index (κ3) is 3.81. The van der Waals surface area contributed by atoms with Crippen molar-refractivity contribution in [2.75, 3.05) is 13.1 Å². The molecule has 0 radical (unpaired) electrons. The molecule has 3 rings (SSSR count). The molecular formula is C18H25ClN4O2. The maximum Gasteiger partial charge on any atom is 0.253 e. The summed E-state index contributed by atoms with van der Waals surface area (Å²) < 4.78 is 1.84. The van der Waals surface area contributed by atoms with E-state index in [0.29, 0.717) is 47.0 Å². The molecule has 4 N–H and O–H groups in total. The van der Waals surface area contributed by atoms with E-state index in [4.69, 9.17) is 17.3 Å². The minimum atomic E-state index is -0.828. The zero-order chi connectivity index (χ0) is 18.0. The van der Waals surface area contributed by atoms with Gasteiger partial charge in [-0.1, -0.05) is 31.4 Å². The van der Waals surface area contributed by atoms with Crippen LogP contribution < -0.4 is 11.1 Å². The van der Waals surface area contributed by atoms with Gasteiger partial charge < -0.3 is 20.7 Å². The van der Waals surface area contributed by atoms with E-state index in [1.165, 1.54) is 0 Å². The lowest BCUT2D eigenvalue weighted by Crippen LogP contribution is -2.45. The minimum Gasteiger partial charge on any atom is -0.388 e. The van der Waals surface area contributed by atoms with Crippen LogP contribution in [0.25, 0.3) is 11.0 Å². The van der Waals surface area contributed by atoms with E-state index >= 15 is 0 Å². The Morgan fingerprint density at radius 3 is 3.12 bits per heavy atom. The zero-order valence-corrected chi connectivity index (χ0v) is 15.2. The second kappa shape index (κ2) is 7.32. The summed E-state index contributed by atoms with van der Waals surface area (Å²) >= 11 is 6.30. The summed E-state index contributed by atoms with van der Waals surface area (Å²) in [4.78, 5) is 17.1. The summed E-state index contributed by atoms with van der Waals surface area (Å²) in [6.07, 6.45) is 6.90. The van der Waals surface area contributed by atoms with Gasteiger partial charge in [-0.15, -0.1) is 0 Å². The molecule has 2 aromatic heterocycles. The molecule has 0 unspecified atom stereocenters. The number of nitrogens with zero attached hydrogens (tertiary/aromatic N) is 2. The molecule has 0 aliphatic heterocycles. The topological polar surface area (TPSA) is 93.2 Å². The first-order valence-electron chi connectivity index (χ1n) is 8.77. The predicted molar refractivity (Wildman–Crippen MR) is 98.7 cm³/mol. The molecule has 25 heavy (non-hydrogen) atoms. The van der Waals surface area contributed by atoms with Crippen LogP contribution in [0.3, 0.4) is 0 Å². The number of nitrogens with two attached hydrogens (primary N) is 1. The minimum absolute atomic E-state index is 0.248. The van der Waals surface area contributed by atoms with Crippen LogP contribution in [-0.2, 0) is 6.54 Å². The lowest BCUT2D eigenvalue weighted by molar-refractivity contribution is -0.0109. The number of carbonyl (C=O) groups excluding carboxylic acids is 1. The molecule has 0 aromatic carbocycles. The average molecular weight is 365 g/mol. The van der Waals surface area contributed by atoms with Crippen molar-refractivity contribution in [1.29, 1.82) is 0 Å². The molecule has 2 atom stereocenters. The van der Waals surface area contributed by atoms with Gasteiger partial charge in [0.25, 0.3) is 5.91 Å². The Hall–Kier alpha value is -1.63. The molecule has 0 bridgehead atoms. The van der Waals surface area contributed by atoms with Gasteiger partial charge in [-0.2, -0.15) is 0 Å². The van der Waals surface area contributed by atoms with Crippen LogP contribution in [0.4, 0.5) is 0 Å². The largest absolute Gasteiger partial charge is 0.388 e. The molecule has 2 heterocycles. The highest BCUT2D eigenvalue weighted by molar-refractivity contribution is 6.36. The summed E-state index contributed by atoms with van der Waals surface area (Å²) in [6.45, 7) is 3.38. The summed E-state index contributed by atoms with van der Waals surface area (Å²) in [5, 5.41) is 14.7. The number of carbonyl (C=O) groups is 1. The lowest BCUT2D eigenvalue weighted by atomic mass is 9.79. The number of hydrogen-bond donors (Lipinski definition) is 3. The highest BCUT2D eigenvalue weighted by atomic mass is 35.5. The molecule has 7 heteroatoms. The number of halogens is 1. The van der Waals surface area contributed by atoms with Crippen molar-refractivity contribution in [2.24, 2.45) is 11.7 Å². The molecule has 1 aliphatic rings. The Morgan fingerprint density at radius 1 is 1.60 bits per heavy atom. The van der Waals surface area contributed by atoms with Crippen LogP contribution in [0.2, 0.25) is 5.02 Å². The fourth-order valence-electron chi connectivity index (χ4n) is 3.79. The number of aromatic nitrogens is 2. The van der Waals surface area contributed by atoms with E-state index in [1.54, 1.807) is 18.5 Å². The zero-order valence-electron chi connectivity index (χ0n) is 14.5. The Labute approximate surface area is 152 Å². The van der Waals surface area contributed by atoms with Crippen LogP contribution >= 0.6 is 11.6 Å². The van der Waals surface area contributed by atoms with E-state index in [1.807, 2.05) is 4.57 Å². The molecule has 0 spiro atoms. The molecule has 2 aromatic rings. The summed E-state index contributed by atoms with van der Waals surface area (Å²) in [7, 11) is 0. The predicted octanol–water partition coefficient (Wildman–Crippen LogP) is 2.32. The van der Waals surface area contributed by atoms with Crippen LogP contribution in [0.5, 0.6) is 0 Å². The van der Waals surface area contributed by atoms with Crippen LogP contribution in [0.15, 0.2) is 18.5 Å². The summed E-state index contributed by atoms with van der Waals surface area (Å²) in [6, 6.07) is 1.67. The Balaban J connectivity index is 1.82. The first kappa shape index (κ1) is 18.2. The summed E-state index contributed by atoms with van der Waals surface area (Å²) in [5.74, 6) is 0.225. The fourth-order valence-corrected chi connectivity index (χ4v) is 4.03. The monoisotopic (exact) mass is 364 g/mol. The molecule has 136 valence electrons. The molecule has 1 fully saturated rings. The fraction of sp³-hybridized carbons (Fsp3) is 0.556. The van der Waals surface area contributed by atoms with Crippen LogP contribution in [-0.4, -0.2) is 39.3 Å². The van der Waals surface area contributed by atoms with Gasteiger partial charge in [0.05, 0.1) is 21.6 Å². The van der Waals surface area contributed by atoms with Crippen LogP contribution in [0.1, 0.15) is 43.0 Å². The number of rotatable bonds is 5. The molecule has 6 nitrogen and oxygen atoms in total. The first-order chi connectivity index (χ1) is 11.9. The number of aliphatic hydroxyl groups is 1. The van der Waals surface area contributed by atoms with Gasteiger partial charge in [-0.05, 0) is 24.8 Å². The van der Waals surface area contributed by atoms with Crippen LogP contribution in [0, 0.1) is 5.92 Å². The van der Waals surface area contributed by atoms with Gasteiger partial charge in [0, 0.05) is 32.0 Å². The third-order valence-corrected chi connectivity index (χ3v) is 5.28. The van der Waals surface area contributed by atoms with Gasteiger partial charge in [0.15, 0.2) is 0 Å². The molecule has 0 saturated heterocycles. The van der Waals surface area contributed by atoms with Crippen molar-refractivity contribution in [3.8, 4) is 0 Å². The van der Waals surface area contributed by atoms with Crippen molar-refractivity contribution in [3.05, 3.63) is 29.0 Å². The maximum absolute atomic E-state index is 12.7. The van der Waals surface area contributed by atoms with Crippen molar-refractivity contribution in [2.45, 2.75) is 44.8 Å². The molecule has 1 saturated carbocycles. The second-order valence-corrected chi connectivity index (χ2v) is 7.53. The first-order valence-corrected chi connectivity index (χ1v) is 9.15. The van der Waals surface area contributed by atoms with Crippen molar-refractivity contribution >= 4 is 28.5 Å². The Kier molecular flexibility index (Phi) is 5.32.